The smallest absolute Gasteiger partial charge is 0.168 e. The van der Waals surface area contributed by atoms with Gasteiger partial charge in [-0.3, -0.25) is 0 Å². The van der Waals surface area contributed by atoms with Gasteiger partial charge in [-0.05, 0) is 13.0 Å². The Labute approximate surface area is 79.4 Å². The summed E-state index contributed by atoms with van der Waals surface area (Å²) in [6.07, 6.45) is 0. The summed E-state index contributed by atoms with van der Waals surface area (Å²) in [7, 11) is 0. The molecular weight excluding hydrogens is 190 g/mol. The molecule has 5 heteroatoms. The first kappa shape index (κ1) is 10.4. The molecule has 3 nitrogen and oxygen atoms in total. The molecule has 14 heavy (non-hydrogen) atoms. The van der Waals surface area contributed by atoms with Gasteiger partial charge in [0, 0.05) is 11.6 Å². The number of phenols is 1. The van der Waals surface area contributed by atoms with Gasteiger partial charge < -0.3 is 10.8 Å². The second kappa shape index (κ2) is 3.24. The molecule has 74 valence electrons. The van der Waals surface area contributed by atoms with Gasteiger partial charge in [0.25, 0.3) is 0 Å². The summed E-state index contributed by atoms with van der Waals surface area (Å²) >= 11 is 0. The highest BCUT2D eigenvalue weighted by Gasteiger charge is 2.26. The fraction of sp³-hybridized carbons (Fsp3) is 0.222. The van der Waals surface area contributed by atoms with Crippen LogP contribution in [-0.4, -0.2) is 5.11 Å². The highest BCUT2D eigenvalue weighted by Crippen LogP contribution is 2.30. The van der Waals surface area contributed by atoms with Crippen LogP contribution in [0.5, 0.6) is 5.75 Å². The van der Waals surface area contributed by atoms with E-state index in [1.54, 1.807) is 6.07 Å². The fourth-order valence-corrected chi connectivity index (χ4v) is 1.02. The third-order valence-electron chi connectivity index (χ3n) is 1.82. The van der Waals surface area contributed by atoms with Gasteiger partial charge in [0.15, 0.2) is 11.6 Å². The third kappa shape index (κ3) is 1.65. The lowest BCUT2D eigenvalue weighted by Gasteiger charge is -2.17. The predicted octanol–water partition coefficient (Wildman–Crippen LogP) is 1.37. The highest BCUT2D eigenvalue weighted by atomic mass is 19.1. The van der Waals surface area contributed by atoms with Crippen molar-refractivity contribution in [1.29, 1.82) is 5.26 Å². The quantitative estimate of drug-likeness (QED) is 0.715. The number of nitrogens with zero attached hydrogens (tertiary/aromatic N) is 1. The molecule has 0 spiro atoms. The number of nitriles is 1. The lowest BCUT2D eigenvalue weighted by Crippen LogP contribution is -2.31. The molecule has 0 bridgehead atoms. The average Bonchev–Trinajstić information content (AvgIpc) is 2.11. The Morgan fingerprint density at radius 1 is 1.50 bits per heavy atom. The third-order valence-corrected chi connectivity index (χ3v) is 1.82. The average molecular weight is 198 g/mol. The van der Waals surface area contributed by atoms with Crippen LogP contribution < -0.4 is 5.73 Å². The number of hydrogen-bond donors (Lipinski definition) is 2. The van der Waals surface area contributed by atoms with Crippen LogP contribution in [0.4, 0.5) is 8.78 Å². The minimum absolute atomic E-state index is 0.266. The Balaban J connectivity index is 3.44. The van der Waals surface area contributed by atoms with Crippen LogP contribution in [0.2, 0.25) is 0 Å². The van der Waals surface area contributed by atoms with E-state index < -0.39 is 22.9 Å². The first-order chi connectivity index (χ1) is 6.38. The molecule has 0 fully saturated rings. The predicted molar refractivity (Wildman–Crippen MR) is 45.2 cm³/mol. The van der Waals surface area contributed by atoms with Crippen molar-refractivity contribution in [2.24, 2.45) is 5.73 Å². The van der Waals surface area contributed by atoms with Gasteiger partial charge in [0.05, 0.1) is 6.07 Å². The standard InChI is InChI=1S/C9H8F2N2O/c1-9(13,4-12)6-2-5(10)3-7(11)8(6)14/h2-3,14H,13H2,1H3/t9-/m1/s1. The van der Waals surface area contributed by atoms with E-state index >= 15 is 0 Å². The van der Waals surface area contributed by atoms with E-state index in [0.29, 0.717) is 6.07 Å². The number of benzene rings is 1. The van der Waals surface area contributed by atoms with Crippen molar-refractivity contribution >= 4 is 0 Å². The Bertz CT molecular complexity index is 410. The highest BCUT2D eigenvalue weighted by molar-refractivity contribution is 5.42. The summed E-state index contributed by atoms with van der Waals surface area (Å²) < 4.78 is 25.6. The van der Waals surface area contributed by atoms with Crippen molar-refractivity contribution in [2.75, 3.05) is 0 Å². The zero-order chi connectivity index (χ0) is 10.9. The van der Waals surface area contributed by atoms with Crippen LogP contribution in [0.25, 0.3) is 0 Å². The van der Waals surface area contributed by atoms with Crippen LogP contribution in [0.1, 0.15) is 12.5 Å². The van der Waals surface area contributed by atoms with E-state index in [1.165, 1.54) is 6.92 Å². The molecule has 1 atom stereocenters. The van der Waals surface area contributed by atoms with Crippen LogP contribution in [0.3, 0.4) is 0 Å². The Hall–Kier alpha value is -1.67. The van der Waals surface area contributed by atoms with Gasteiger partial charge in [-0.2, -0.15) is 5.26 Å². The maximum atomic E-state index is 12.9. The van der Waals surface area contributed by atoms with E-state index in [9.17, 15) is 13.9 Å². The molecule has 3 N–H and O–H groups in total. The molecule has 0 heterocycles. The monoisotopic (exact) mass is 198 g/mol. The van der Waals surface area contributed by atoms with Crippen molar-refractivity contribution in [3.05, 3.63) is 29.3 Å². The lowest BCUT2D eigenvalue weighted by molar-refractivity contribution is 0.409. The topological polar surface area (TPSA) is 70.0 Å². The summed E-state index contributed by atoms with van der Waals surface area (Å²) in [6.45, 7) is 1.25. The van der Waals surface area contributed by atoms with Crippen LogP contribution >= 0.6 is 0 Å². The summed E-state index contributed by atoms with van der Waals surface area (Å²) in [6, 6.07) is 2.99. The first-order valence-electron chi connectivity index (χ1n) is 3.77. The molecule has 0 aliphatic heterocycles. The summed E-state index contributed by atoms with van der Waals surface area (Å²) in [5.74, 6) is -2.81. The van der Waals surface area contributed by atoms with E-state index in [4.69, 9.17) is 11.0 Å². The molecule has 0 amide bonds. The van der Waals surface area contributed by atoms with Gasteiger partial charge in [0.1, 0.15) is 11.4 Å². The number of nitrogens with two attached hydrogens (primary N) is 1. The summed E-state index contributed by atoms with van der Waals surface area (Å²) in [4.78, 5) is 0. The number of phenolic OH excluding ortho intramolecular Hbond substituents is 1. The molecular formula is C9H8F2N2O. The summed E-state index contributed by atoms with van der Waals surface area (Å²) in [5.41, 5.74) is 3.54. The van der Waals surface area contributed by atoms with Gasteiger partial charge in [-0.15, -0.1) is 0 Å². The number of aromatic hydroxyl groups is 1. The molecule has 1 aromatic carbocycles. The molecule has 1 aromatic rings. The zero-order valence-corrected chi connectivity index (χ0v) is 7.38. The Morgan fingerprint density at radius 2 is 2.07 bits per heavy atom. The van der Waals surface area contributed by atoms with E-state index in [-0.39, 0.29) is 5.56 Å². The molecule has 0 aliphatic rings. The van der Waals surface area contributed by atoms with Crippen molar-refractivity contribution in [2.45, 2.75) is 12.5 Å². The van der Waals surface area contributed by atoms with Crippen LogP contribution in [-0.2, 0) is 5.54 Å². The van der Waals surface area contributed by atoms with E-state index in [0.717, 1.165) is 6.07 Å². The number of rotatable bonds is 1. The van der Waals surface area contributed by atoms with Crippen molar-refractivity contribution in [3.63, 3.8) is 0 Å². The van der Waals surface area contributed by atoms with Crippen molar-refractivity contribution in [1.82, 2.24) is 0 Å². The normalized spacial score (nSPS) is 14.5. The lowest BCUT2D eigenvalue weighted by atomic mass is 9.94. The second-order valence-corrected chi connectivity index (χ2v) is 3.10. The molecule has 0 aliphatic carbocycles. The van der Waals surface area contributed by atoms with E-state index in [2.05, 4.69) is 0 Å². The number of halogens is 2. The second-order valence-electron chi connectivity index (χ2n) is 3.10. The van der Waals surface area contributed by atoms with Crippen LogP contribution in [0.15, 0.2) is 12.1 Å². The Kier molecular flexibility index (Phi) is 2.41. The minimum Gasteiger partial charge on any atom is -0.505 e. The molecule has 0 saturated carbocycles. The van der Waals surface area contributed by atoms with Crippen molar-refractivity contribution in [3.8, 4) is 11.8 Å². The van der Waals surface area contributed by atoms with Gasteiger partial charge >= 0.3 is 0 Å². The molecule has 0 radical (unpaired) electrons. The van der Waals surface area contributed by atoms with Gasteiger partial charge in [-0.1, -0.05) is 0 Å². The van der Waals surface area contributed by atoms with Gasteiger partial charge in [0.2, 0.25) is 0 Å². The fourth-order valence-electron chi connectivity index (χ4n) is 1.02. The minimum atomic E-state index is -1.62. The zero-order valence-electron chi connectivity index (χ0n) is 7.38. The number of hydrogen-bond acceptors (Lipinski definition) is 3. The molecule has 1 rings (SSSR count). The SMILES string of the molecule is C[C@@](N)(C#N)c1cc(F)cc(F)c1O. The van der Waals surface area contributed by atoms with Gasteiger partial charge in [-0.25, -0.2) is 8.78 Å². The van der Waals surface area contributed by atoms with Crippen LogP contribution in [0, 0.1) is 23.0 Å². The maximum absolute atomic E-state index is 12.9. The first-order valence-corrected chi connectivity index (χ1v) is 3.77. The Morgan fingerprint density at radius 3 is 2.57 bits per heavy atom. The molecule has 0 unspecified atom stereocenters. The maximum Gasteiger partial charge on any atom is 0.168 e. The van der Waals surface area contributed by atoms with Crippen molar-refractivity contribution < 1.29 is 13.9 Å². The van der Waals surface area contributed by atoms with E-state index in [1.807, 2.05) is 0 Å². The largest absolute Gasteiger partial charge is 0.505 e. The molecule has 0 saturated heterocycles. The summed E-state index contributed by atoms with van der Waals surface area (Å²) in [5, 5.41) is 17.8. The molecule has 0 aromatic heterocycles.